The van der Waals surface area contributed by atoms with E-state index in [-0.39, 0.29) is 38.0 Å². The van der Waals surface area contributed by atoms with E-state index in [0.29, 0.717) is 6.42 Å². The van der Waals surface area contributed by atoms with Crippen molar-refractivity contribution in [1.29, 1.82) is 0 Å². The van der Waals surface area contributed by atoms with Crippen LogP contribution >= 0.6 is 0 Å². The predicted octanol–water partition coefficient (Wildman–Crippen LogP) is 15.1. The van der Waals surface area contributed by atoms with Gasteiger partial charge in [-0.3, -0.25) is 14.4 Å². The van der Waals surface area contributed by atoms with Crippen LogP contribution in [0.3, 0.4) is 0 Å². The number of ether oxygens (including phenoxy) is 3. The minimum absolute atomic E-state index is 0.116. The molecule has 0 aromatic carbocycles. The zero-order valence-corrected chi connectivity index (χ0v) is 37.1. The lowest BCUT2D eigenvalue weighted by Gasteiger charge is -2.18. The molecule has 0 rings (SSSR count). The van der Waals surface area contributed by atoms with Crippen molar-refractivity contribution in [2.24, 2.45) is 0 Å². The van der Waals surface area contributed by atoms with Crippen molar-refractivity contribution in [1.82, 2.24) is 0 Å². The molecule has 326 valence electrons. The Kier molecular flexibility index (Phi) is 43.0. The highest BCUT2D eigenvalue weighted by molar-refractivity contribution is 5.72. The molecule has 0 heterocycles. The Balaban J connectivity index is 4.36. The molecule has 0 aliphatic rings. The van der Waals surface area contributed by atoms with Crippen LogP contribution in [0.5, 0.6) is 0 Å². The Labute approximate surface area is 351 Å². The van der Waals surface area contributed by atoms with E-state index >= 15 is 0 Å². The fourth-order valence-corrected chi connectivity index (χ4v) is 6.18. The van der Waals surface area contributed by atoms with Gasteiger partial charge in [-0.2, -0.15) is 0 Å². The lowest BCUT2D eigenvalue weighted by atomic mass is 10.1. The summed E-state index contributed by atoms with van der Waals surface area (Å²) < 4.78 is 16.5. The fraction of sp³-hybridized carbons (Fsp3) is 0.706. The molecule has 0 saturated carbocycles. The van der Waals surface area contributed by atoms with Crippen molar-refractivity contribution in [3.05, 3.63) is 72.9 Å². The van der Waals surface area contributed by atoms with Crippen LogP contribution in [0.1, 0.15) is 213 Å². The van der Waals surface area contributed by atoms with Gasteiger partial charge in [0.05, 0.1) is 6.42 Å². The maximum Gasteiger partial charge on any atom is 0.309 e. The van der Waals surface area contributed by atoms with Gasteiger partial charge in [0.25, 0.3) is 0 Å². The molecule has 1 atom stereocenters. The van der Waals surface area contributed by atoms with Crippen LogP contribution in [0.4, 0.5) is 0 Å². The first-order valence-electron chi connectivity index (χ1n) is 23.5. The Morgan fingerprint density at radius 2 is 0.825 bits per heavy atom. The van der Waals surface area contributed by atoms with E-state index in [1.165, 1.54) is 103 Å². The number of rotatable bonds is 41. The summed E-state index contributed by atoms with van der Waals surface area (Å²) in [6.07, 6.45) is 56.4. The van der Waals surface area contributed by atoms with Crippen molar-refractivity contribution in [2.45, 2.75) is 219 Å². The molecule has 0 saturated heterocycles. The molecule has 0 amide bonds. The van der Waals surface area contributed by atoms with E-state index < -0.39 is 12.1 Å². The zero-order chi connectivity index (χ0) is 41.5. The third kappa shape index (κ3) is 43.8. The largest absolute Gasteiger partial charge is 0.462 e. The third-order valence-corrected chi connectivity index (χ3v) is 9.73. The second kappa shape index (κ2) is 45.6. The lowest BCUT2D eigenvalue weighted by Crippen LogP contribution is -2.30. The summed E-state index contributed by atoms with van der Waals surface area (Å²) in [7, 11) is 0. The van der Waals surface area contributed by atoms with Gasteiger partial charge >= 0.3 is 17.9 Å². The van der Waals surface area contributed by atoms with Gasteiger partial charge in [0.2, 0.25) is 0 Å². The van der Waals surface area contributed by atoms with Gasteiger partial charge in [-0.05, 0) is 77.0 Å². The monoisotopic (exact) mass is 795 g/mol. The standard InChI is InChI=1S/C51H86O6/c1-4-7-10-13-16-19-21-22-23-24-25-26-27-28-30-32-35-38-41-44-50(53)56-47-48(46-55-49(52)43-40-37-34-31-18-15-12-9-6-3)57-51(54)45-42-39-36-33-29-20-17-14-11-8-5-2/h9,12,14,17-18,20,24-25,29,31,37,40,48H,4-8,10-11,13,15-16,19,21-23,26-28,30,32-36,38-39,41-47H2,1-3H3/b12-9-,17-14-,25-24-,29-20-,31-18-,40-37-. The Morgan fingerprint density at radius 1 is 0.404 bits per heavy atom. The Hall–Kier alpha value is -3.15. The van der Waals surface area contributed by atoms with E-state index in [0.717, 1.165) is 70.6 Å². The van der Waals surface area contributed by atoms with Gasteiger partial charge in [0.15, 0.2) is 6.10 Å². The minimum Gasteiger partial charge on any atom is -0.462 e. The zero-order valence-electron chi connectivity index (χ0n) is 37.1. The second-order valence-corrected chi connectivity index (χ2v) is 15.3. The molecule has 0 aromatic heterocycles. The molecule has 0 N–H and O–H groups in total. The molecule has 0 aliphatic carbocycles. The molecule has 0 aliphatic heterocycles. The smallest absolute Gasteiger partial charge is 0.309 e. The summed E-state index contributed by atoms with van der Waals surface area (Å²) in [5, 5.41) is 0. The van der Waals surface area contributed by atoms with Crippen molar-refractivity contribution in [3.8, 4) is 0 Å². The van der Waals surface area contributed by atoms with Crippen LogP contribution in [-0.4, -0.2) is 37.2 Å². The van der Waals surface area contributed by atoms with Gasteiger partial charge in [-0.1, -0.05) is 190 Å². The SMILES string of the molecule is CC/C=C\C/C=C\C/C=C\CC(=O)OCC(COC(=O)CCCCCCCCC/C=C\CCCCCCCCCC)OC(=O)CCCCC/C=C\C=C/CCCC. The molecule has 0 aromatic rings. The number of carbonyl (C=O) groups excluding carboxylic acids is 3. The second-order valence-electron chi connectivity index (χ2n) is 15.3. The lowest BCUT2D eigenvalue weighted by molar-refractivity contribution is -0.166. The van der Waals surface area contributed by atoms with Crippen LogP contribution in [0, 0.1) is 0 Å². The highest BCUT2D eigenvalue weighted by atomic mass is 16.6. The number of unbranched alkanes of at least 4 members (excludes halogenated alkanes) is 20. The highest BCUT2D eigenvalue weighted by Crippen LogP contribution is 2.13. The molecule has 0 fully saturated rings. The van der Waals surface area contributed by atoms with E-state index in [1.54, 1.807) is 6.08 Å². The van der Waals surface area contributed by atoms with Gasteiger partial charge in [0, 0.05) is 12.8 Å². The normalized spacial score (nSPS) is 12.7. The summed E-state index contributed by atoms with van der Waals surface area (Å²) in [4.78, 5) is 37.6. The van der Waals surface area contributed by atoms with Crippen molar-refractivity contribution in [2.75, 3.05) is 13.2 Å². The number of allylic oxidation sites excluding steroid dienone is 11. The third-order valence-electron chi connectivity index (χ3n) is 9.73. The first kappa shape index (κ1) is 53.9. The van der Waals surface area contributed by atoms with Gasteiger partial charge in [-0.25, -0.2) is 0 Å². The summed E-state index contributed by atoms with van der Waals surface area (Å²) in [6, 6.07) is 0. The van der Waals surface area contributed by atoms with E-state index in [4.69, 9.17) is 14.2 Å². The number of hydrogen-bond donors (Lipinski definition) is 0. The minimum atomic E-state index is -0.823. The molecular weight excluding hydrogens is 709 g/mol. The highest BCUT2D eigenvalue weighted by Gasteiger charge is 2.19. The first-order valence-corrected chi connectivity index (χ1v) is 23.5. The number of hydrogen-bond acceptors (Lipinski definition) is 6. The van der Waals surface area contributed by atoms with Crippen molar-refractivity contribution >= 4 is 17.9 Å². The van der Waals surface area contributed by atoms with Crippen LogP contribution in [-0.2, 0) is 28.6 Å². The molecule has 0 radical (unpaired) electrons. The summed E-state index contributed by atoms with van der Waals surface area (Å²) in [5.74, 6) is -1.08. The van der Waals surface area contributed by atoms with Crippen LogP contribution in [0.2, 0.25) is 0 Å². The Bertz CT molecular complexity index is 1100. The van der Waals surface area contributed by atoms with E-state index in [1.807, 2.05) is 6.08 Å². The molecule has 0 bridgehead atoms. The fourth-order valence-electron chi connectivity index (χ4n) is 6.18. The van der Waals surface area contributed by atoms with E-state index in [2.05, 4.69) is 81.5 Å². The number of carbonyl (C=O) groups is 3. The van der Waals surface area contributed by atoms with Gasteiger partial charge < -0.3 is 14.2 Å². The Morgan fingerprint density at radius 3 is 1.39 bits per heavy atom. The predicted molar refractivity (Wildman–Crippen MR) is 242 cm³/mol. The maximum atomic E-state index is 12.7. The van der Waals surface area contributed by atoms with Crippen LogP contribution in [0.25, 0.3) is 0 Å². The van der Waals surface area contributed by atoms with Gasteiger partial charge in [-0.15, -0.1) is 0 Å². The molecule has 6 heteroatoms. The van der Waals surface area contributed by atoms with Crippen molar-refractivity contribution < 1.29 is 28.6 Å². The summed E-state index contributed by atoms with van der Waals surface area (Å²) in [5.41, 5.74) is 0. The molecule has 0 spiro atoms. The topological polar surface area (TPSA) is 78.9 Å². The number of esters is 3. The average molecular weight is 795 g/mol. The van der Waals surface area contributed by atoms with E-state index in [9.17, 15) is 14.4 Å². The van der Waals surface area contributed by atoms with Crippen molar-refractivity contribution in [3.63, 3.8) is 0 Å². The molecular formula is C51H86O6. The summed E-state index contributed by atoms with van der Waals surface area (Å²) in [6.45, 7) is 6.33. The van der Waals surface area contributed by atoms with Gasteiger partial charge in [0.1, 0.15) is 13.2 Å². The molecule has 57 heavy (non-hydrogen) atoms. The quantitative estimate of drug-likeness (QED) is 0.0202. The van der Waals surface area contributed by atoms with Crippen LogP contribution < -0.4 is 0 Å². The maximum absolute atomic E-state index is 12.7. The first-order chi connectivity index (χ1) is 28.0. The van der Waals surface area contributed by atoms with Crippen LogP contribution in [0.15, 0.2) is 72.9 Å². The summed E-state index contributed by atoms with van der Waals surface area (Å²) >= 11 is 0. The average Bonchev–Trinajstić information content (AvgIpc) is 3.21. The molecule has 1 unspecified atom stereocenters. The molecule has 6 nitrogen and oxygen atoms in total.